The monoisotopic (exact) mass is 452 g/mol. The normalized spacial score (nSPS) is 14.8. The molecule has 1 aliphatic heterocycles. The highest BCUT2D eigenvalue weighted by Crippen LogP contribution is 2.49. The van der Waals surface area contributed by atoms with E-state index in [1.54, 1.807) is 28.4 Å². The number of hydrogen-bond donors (Lipinski definition) is 0. The summed E-state index contributed by atoms with van der Waals surface area (Å²) in [7, 11) is 0. The van der Waals surface area contributed by atoms with E-state index in [0.717, 1.165) is 33.1 Å². The summed E-state index contributed by atoms with van der Waals surface area (Å²) in [6.45, 7) is 1.98. The summed E-state index contributed by atoms with van der Waals surface area (Å²) in [4.78, 5) is 10.5. The summed E-state index contributed by atoms with van der Waals surface area (Å²) in [5.74, 6) is 2.24. The molecule has 0 radical (unpaired) electrons. The van der Waals surface area contributed by atoms with Crippen LogP contribution >= 0.6 is 11.3 Å². The molecule has 0 bridgehead atoms. The van der Waals surface area contributed by atoms with Gasteiger partial charge >= 0.3 is 0 Å². The van der Waals surface area contributed by atoms with Crippen LogP contribution in [0.15, 0.2) is 77.0 Å². The molecule has 1 unspecified atom stereocenters. The van der Waals surface area contributed by atoms with E-state index < -0.39 is 0 Å². The summed E-state index contributed by atoms with van der Waals surface area (Å²) < 4.78 is 15.8. The van der Waals surface area contributed by atoms with E-state index in [2.05, 4.69) is 10.1 Å². The zero-order valence-corrected chi connectivity index (χ0v) is 18.2. The highest BCUT2D eigenvalue weighted by Gasteiger charge is 2.39. The maximum absolute atomic E-state index is 6.39. The Morgan fingerprint density at radius 1 is 0.970 bits per heavy atom. The topological polar surface area (TPSA) is 83.3 Å². The first-order valence-corrected chi connectivity index (χ1v) is 11.3. The van der Waals surface area contributed by atoms with Crippen molar-refractivity contribution in [1.82, 2.24) is 29.4 Å². The van der Waals surface area contributed by atoms with Crippen LogP contribution in [0.3, 0.4) is 0 Å². The third-order valence-electron chi connectivity index (χ3n) is 5.79. The van der Waals surface area contributed by atoms with Crippen molar-refractivity contribution in [3.63, 3.8) is 0 Å². The third-order valence-corrected chi connectivity index (χ3v) is 6.66. The number of rotatable bonds is 3. The molecule has 6 aromatic rings. The predicted octanol–water partition coefficient (Wildman–Crippen LogP) is 5.23. The fraction of sp³-hybridized carbons (Fsp3) is 0.0833. The van der Waals surface area contributed by atoms with Gasteiger partial charge in [-0.15, -0.1) is 16.4 Å². The average molecular weight is 452 g/mol. The number of fused-ring (bicyclic) bond motifs is 4. The van der Waals surface area contributed by atoms with Gasteiger partial charge in [0.1, 0.15) is 12.1 Å². The van der Waals surface area contributed by atoms with Gasteiger partial charge in [-0.3, -0.25) is 0 Å². The second-order valence-corrected chi connectivity index (χ2v) is 8.69. The number of aryl methyl sites for hydroxylation is 1. The Morgan fingerprint density at radius 3 is 2.67 bits per heavy atom. The van der Waals surface area contributed by atoms with Crippen molar-refractivity contribution in [1.29, 1.82) is 0 Å². The van der Waals surface area contributed by atoms with Crippen molar-refractivity contribution >= 4 is 17.0 Å². The standard InChI is InChI=1S/C24H16N6O2S/c1-14-18-19(16-9-5-11-31-16)20-22-26-21(17-10-6-12-33-17)28-29(22)13-25-23(20)32-24(18)30(27-14)15-7-3-2-4-8-15/h2-13,19H,1H3. The highest BCUT2D eigenvalue weighted by atomic mass is 32.1. The fourth-order valence-corrected chi connectivity index (χ4v) is 5.03. The van der Waals surface area contributed by atoms with Crippen molar-refractivity contribution in [2.24, 2.45) is 0 Å². The Morgan fingerprint density at radius 2 is 1.88 bits per heavy atom. The molecule has 0 amide bonds. The minimum Gasteiger partial charge on any atom is -0.468 e. The smallest absolute Gasteiger partial charge is 0.230 e. The molecule has 0 spiro atoms. The molecule has 6 heterocycles. The summed E-state index contributed by atoms with van der Waals surface area (Å²) in [5, 5.41) is 11.5. The van der Waals surface area contributed by atoms with Gasteiger partial charge in [0.05, 0.1) is 39.6 Å². The third kappa shape index (κ3) is 2.69. The van der Waals surface area contributed by atoms with Gasteiger partial charge in [-0.1, -0.05) is 24.3 Å². The second-order valence-electron chi connectivity index (χ2n) is 7.75. The van der Waals surface area contributed by atoms with Crippen LogP contribution in [0.5, 0.6) is 11.8 Å². The van der Waals surface area contributed by atoms with Crippen LogP contribution in [0.4, 0.5) is 0 Å². The van der Waals surface area contributed by atoms with E-state index in [1.165, 1.54) is 0 Å². The zero-order chi connectivity index (χ0) is 21.9. The van der Waals surface area contributed by atoms with Gasteiger partial charge in [0.2, 0.25) is 11.8 Å². The van der Waals surface area contributed by atoms with Crippen molar-refractivity contribution in [3.8, 4) is 28.1 Å². The van der Waals surface area contributed by atoms with Crippen LogP contribution in [0.2, 0.25) is 0 Å². The van der Waals surface area contributed by atoms with Gasteiger partial charge in [0, 0.05) is 0 Å². The number of furan rings is 1. The van der Waals surface area contributed by atoms with Gasteiger partial charge in [-0.25, -0.2) is 19.2 Å². The van der Waals surface area contributed by atoms with Gasteiger partial charge in [0.25, 0.3) is 0 Å². The predicted molar refractivity (Wildman–Crippen MR) is 122 cm³/mol. The maximum atomic E-state index is 6.39. The molecule has 7 rings (SSSR count). The maximum Gasteiger partial charge on any atom is 0.230 e. The first-order chi connectivity index (χ1) is 16.3. The van der Waals surface area contributed by atoms with Crippen LogP contribution in [0, 0.1) is 6.92 Å². The molecule has 1 aromatic carbocycles. The first-order valence-electron chi connectivity index (χ1n) is 10.4. The number of ether oxygens (including phenoxy) is 1. The van der Waals surface area contributed by atoms with Gasteiger partial charge in [-0.05, 0) is 42.6 Å². The summed E-state index contributed by atoms with van der Waals surface area (Å²) >= 11 is 1.60. The van der Waals surface area contributed by atoms with Crippen LogP contribution < -0.4 is 4.74 Å². The SMILES string of the molecule is Cc1nn(-c2ccccc2)c2c1C(c1ccco1)c1c(ncn3nc(-c4cccs4)nc13)O2. The van der Waals surface area contributed by atoms with Crippen LogP contribution in [0.1, 0.15) is 28.5 Å². The quantitative estimate of drug-likeness (QED) is 0.365. The molecular formula is C24H16N6O2S. The lowest BCUT2D eigenvalue weighted by atomic mass is 9.88. The zero-order valence-electron chi connectivity index (χ0n) is 17.4. The van der Waals surface area contributed by atoms with Crippen molar-refractivity contribution < 1.29 is 9.15 Å². The molecule has 0 saturated carbocycles. The Bertz CT molecular complexity index is 1600. The number of thiophene rings is 1. The van der Waals surface area contributed by atoms with Crippen LogP contribution in [-0.2, 0) is 0 Å². The molecular weight excluding hydrogens is 436 g/mol. The summed E-state index contributed by atoms with van der Waals surface area (Å²) in [6, 6.07) is 17.8. The van der Waals surface area contributed by atoms with E-state index >= 15 is 0 Å². The van der Waals surface area contributed by atoms with Gasteiger partial charge < -0.3 is 9.15 Å². The number of aromatic nitrogens is 6. The Labute approximate surface area is 191 Å². The minimum absolute atomic E-state index is 0.284. The molecule has 0 aliphatic carbocycles. The molecule has 9 heteroatoms. The van der Waals surface area contributed by atoms with E-state index in [-0.39, 0.29) is 5.92 Å². The molecule has 0 N–H and O–H groups in total. The van der Waals surface area contributed by atoms with Crippen molar-refractivity contribution in [2.75, 3.05) is 0 Å². The van der Waals surface area contributed by atoms with E-state index in [0.29, 0.717) is 23.2 Å². The molecule has 1 aliphatic rings. The van der Waals surface area contributed by atoms with E-state index in [9.17, 15) is 0 Å². The number of hydrogen-bond acceptors (Lipinski definition) is 7. The first kappa shape index (κ1) is 18.3. The molecule has 5 aromatic heterocycles. The summed E-state index contributed by atoms with van der Waals surface area (Å²) in [5.41, 5.74) is 4.18. The summed E-state index contributed by atoms with van der Waals surface area (Å²) in [6.07, 6.45) is 3.31. The molecule has 33 heavy (non-hydrogen) atoms. The van der Waals surface area contributed by atoms with Gasteiger partial charge in [-0.2, -0.15) is 5.10 Å². The Balaban J connectivity index is 1.50. The number of nitrogens with zero attached hydrogens (tertiary/aromatic N) is 6. The largest absolute Gasteiger partial charge is 0.468 e. The number of para-hydroxylation sites is 1. The van der Waals surface area contributed by atoms with Crippen molar-refractivity contribution in [2.45, 2.75) is 12.8 Å². The highest BCUT2D eigenvalue weighted by molar-refractivity contribution is 7.13. The Hall–Kier alpha value is -4.24. The lowest BCUT2D eigenvalue weighted by Crippen LogP contribution is -2.15. The second kappa shape index (κ2) is 6.88. The Kier molecular flexibility index (Phi) is 3.82. The minimum atomic E-state index is -0.284. The average Bonchev–Trinajstić information content (AvgIpc) is 3.65. The fourth-order valence-electron chi connectivity index (χ4n) is 4.37. The molecule has 0 saturated heterocycles. The molecule has 160 valence electrons. The van der Waals surface area contributed by atoms with Crippen molar-refractivity contribution in [3.05, 3.63) is 95.1 Å². The van der Waals surface area contributed by atoms with Crippen LogP contribution in [-0.4, -0.2) is 29.4 Å². The lowest BCUT2D eigenvalue weighted by molar-refractivity contribution is 0.392. The molecule has 8 nitrogen and oxygen atoms in total. The lowest BCUT2D eigenvalue weighted by Gasteiger charge is -2.24. The van der Waals surface area contributed by atoms with Crippen LogP contribution in [0.25, 0.3) is 22.0 Å². The van der Waals surface area contributed by atoms with Gasteiger partial charge in [0.15, 0.2) is 11.5 Å². The number of benzene rings is 1. The van der Waals surface area contributed by atoms with E-state index in [1.807, 2.05) is 71.6 Å². The molecule has 0 fully saturated rings. The molecule has 1 atom stereocenters. The van der Waals surface area contributed by atoms with E-state index in [4.69, 9.17) is 19.2 Å².